The third-order valence-corrected chi connectivity index (χ3v) is 9.53. The van der Waals surface area contributed by atoms with E-state index in [0.717, 1.165) is 38.9 Å². The van der Waals surface area contributed by atoms with Gasteiger partial charge in [0.2, 0.25) is 0 Å². The average Bonchev–Trinajstić information content (AvgIpc) is 2.99. The van der Waals surface area contributed by atoms with Gasteiger partial charge in [-0.25, -0.2) is 13.2 Å². The van der Waals surface area contributed by atoms with Gasteiger partial charge in [-0.05, 0) is 44.7 Å². The van der Waals surface area contributed by atoms with Crippen molar-refractivity contribution in [2.75, 3.05) is 10.5 Å². The van der Waals surface area contributed by atoms with Crippen molar-refractivity contribution < 1.29 is 8.42 Å². The van der Waals surface area contributed by atoms with Crippen LogP contribution in [0.3, 0.4) is 0 Å². The quantitative estimate of drug-likeness (QED) is 0.439. The van der Waals surface area contributed by atoms with Crippen molar-refractivity contribution in [2.45, 2.75) is 63.5 Å². The fraction of sp³-hybridized carbons (Fsp3) is 0.455. The summed E-state index contributed by atoms with van der Waals surface area (Å²) >= 11 is 3.23. The van der Waals surface area contributed by atoms with Crippen molar-refractivity contribution in [3.8, 4) is 5.69 Å². The molecule has 1 aromatic carbocycles. The van der Waals surface area contributed by atoms with E-state index in [4.69, 9.17) is 0 Å². The number of nitrogens with zero attached hydrogens (tertiary/aromatic N) is 2. The first-order valence-corrected chi connectivity index (χ1v) is 13.5. The topological polar surface area (TPSA) is 81.1 Å². The molecular weight excluding hydrogens is 450 g/mol. The van der Waals surface area contributed by atoms with E-state index < -0.39 is 15.7 Å². The molecule has 0 radical (unpaired) electrons. The average molecular weight is 480 g/mol. The van der Waals surface area contributed by atoms with Crippen LogP contribution < -0.4 is 10.4 Å². The lowest BCUT2D eigenvalue weighted by Gasteiger charge is -2.24. The number of hydrogen-bond acceptors (Lipinski definition) is 6. The van der Waals surface area contributed by atoms with Crippen molar-refractivity contribution in [3.63, 3.8) is 0 Å². The SMILES string of the molecule is CCCC(C)(C)CSc1sc(C)c(C)n2c(=O)nc(NS(=O)(=O)c3ccc(C)cc3)c1-2. The molecule has 168 valence electrons. The van der Waals surface area contributed by atoms with Gasteiger partial charge in [-0.1, -0.05) is 44.9 Å². The molecule has 0 spiro atoms. The summed E-state index contributed by atoms with van der Waals surface area (Å²) in [5.74, 6) is 0.944. The molecule has 0 saturated carbocycles. The van der Waals surface area contributed by atoms with E-state index in [1.807, 2.05) is 20.8 Å². The van der Waals surface area contributed by atoms with Crippen LogP contribution in [0.2, 0.25) is 0 Å². The number of benzene rings is 1. The van der Waals surface area contributed by atoms with Gasteiger partial charge in [0, 0.05) is 16.3 Å². The molecule has 0 aliphatic carbocycles. The number of aromatic nitrogens is 2. The highest BCUT2D eigenvalue weighted by molar-refractivity contribution is 8.01. The fourth-order valence-electron chi connectivity index (χ4n) is 3.40. The minimum absolute atomic E-state index is 0.0840. The number of aryl methyl sites for hydroxylation is 2. The lowest BCUT2D eigenvalue weighted by atomic mass is 9.91. The van der Waals surface area contributed by atoms with Crippen molar-refractivity contribution in [1.29, 1.82) is 0 Å². The number of nitrogens with one attached hydrogen (secondary N) is 1. The third-order valence-electron chi connectivity index (χ3n) is 5.21. The second-order valence-corrected chi connectivity index (χ2v) is 12.7. The lowest BCUT2D eigenvalue weighted by molar-refractivity contribution is 0.382. The summed E-state index contributed by atoms with van der Waals surface area (Å²) in [6.45, 7) is 12.3. The molecule has 1 N–H and O–H groups in total. The predicted octanol–water partition coefficient (Wildman–Crippen LogP) is 5.38. The maximum atomic E-state index is 13.0. The highest BCUT2D eigenvalue weighted by Gasteiger charge is 2.28. The van der Waals surface area contributed by atoms with Gasteiger partial charge in [-0.3, -0.25) is 9.29 Å². The predicted molar refractivity (Wildman–Crippen MR) is 130 cm³/mol. The monoisotopic (exact) mass is 479 g/mol. The Kier molecular flexibility index (Phi) is 6.88. The zero-order valence-electron chi connectivity index (χ0n) is 18.8. The van der Waals surface area contributed by atoms with Crippen molar-refractivity contribution in [2.24, 2.45) is 5.41 Å². The smallest absolute Gasteiger partial charge is 0.261 e. The van der Waals surface area contributed by atoms with Gasteiger partial charge in [-0.2, -0.15) is 4.98 Å². The number of thioether (sulfide) groups is 1. The third kappa shape index (κ3) is 5.15. The summed E-state index contributed by atoms with van der Waals surface area (Å²) in [6, 6.07) is 6.58. The molecule has 31 heavy (non-hydrogen) atoms. The van der Waals surface area contributed by atoms with E-state index in [9.17, 15) is 13.2 Å². The van der Waals surface area contributed by atoms with E-state index in [1.165, 1.54) is 4.57 Å². The molecule has 9 heteroatoms. The normalized spacial score (nSPS) is 12.5. The van der Waals surface area contributed by atoms with Gasteiger partial charge in [0.05, 0.1) is 9.10 Å². The van der Waals surface area contributed by atoms with Crippen LogP contribution in [0, 0.1) is 26.2 Å². The molecule has 0 saturated heterocycles. The molecule has 0 aromatic heterocycles. The van der Waals surface area contributed by atoms with Crippen LogP contribution in [0.5, 0.6) is 0 Å². The van der Waals surface area contributed by atoms with Gasteiger partial charge in [0.1, 0.15) is 5.69 Å². The van der Waals surface area contributed by atoms with Gasteiger partial charge in [0.25, 0.3) is 10.0 Å². The van der Waals surface area contributed by atoms with Crippen LogP contribution in [0.1, 0.15) is 49.7 Å². The summed E-state index contributed by atoms with van der Waals surface area (Å²) in [5.41, 5.74) is 1.93. The molecule has 2 heterocycles. The molecule has 0 atom stereocenters. The van der Waals surface area contributed by atoms with Crippen LogP contribution in [-0.2, 0) is 10.0 Å². The van der Waals surface area contributed by atoms with Gasteiger partial charge in [0.15, 0.2) is 5.82 Å². The summed E-state index contributed by atoms with van der Waals surface area (Å²) in [6.07, 6.45) is 2.18. The summed E-state index contributed by atoms with van der Waals surface area (Å²) in [7, 11) is -3.87. The zero-order valence-corrected chi connectivity index (χ0v) is 21.2. The number of sulfonamides is 1. The van der Waals surface area contributed by atoms with Crippen LogP contribution in [-0.4, -0.2) is 23.7 Å². The molecule has 6 nitrogen and oxygen atoms in total. The highest BCUT2D eigenvalue weighted by atomic mass is 32.2. The number of hydrogen-bond donors (Lipinski definition) is 1. The number of imidazole rings is 1. The standard InChI is InChI=1S/C22H29N3O3S3/c1-7-12-22(5,6)13-29-20-18-19(23-21(26)25(18)15(3)16(4)30-20)24-31(27,28)17-10-8-14(2)9-11-17/h8-11H,7,12-13H2,1-6H3,(H,23,24,26). The van der Waals surface area contributed by atoms with E-state index in [1.54, 1.807) is 47.4 Å². The Bertz CT molecular complexity index is 1210. The van der Waals surface area contributed by atoms with Crippen molar-refractivity contribution in [3.05, 3.63) is 50.9 Å². The minimum Gasteiger partial charge on any atom is -0.261 e. The minimum atomic E-state index is -3.87. The summed E-state index contributed by atoms with van der Waals surface area (Å²) < 4.78 is 30.9. The molecular formula is C22H29N3O3S3. The van der Waals surface area contributed by atoms with E-state index in [2.05, 4.69) is 30.5 Å². The Labute approximate surface area is 192 Å². The first-order valence-electron chi connectivity index (χ1n) is 10.2. The van der Waals surface area contributed by atoms with Crippen LogP contribution in [0.4, 0.5) is 5.82 Å². The fourth-order valence-corrected chi connectivity index (χ4v) is 6.99. The molecule has 0 unspecified atom stereocenters. The second kappa shape index (κ2) is 8.96. The van der Waals surface area contributed by atoms with Crippen LogP contribution in [0.25, 0.3) is 5.69 Å². The first-order chi connectivity index (χ1) is 14.4. The van der Waals surface area contributed by atoms with Gasteiger partial charge < -0.3 is 0 Å². The molecule has 3 rings (SSSR count). The lowest BCUT2D eigenvalue weighted by Crippen LogP contribution is -2.18. The van der Waals surface area contributed by atoms with Crippen LogP contribution in [0.15, 0.2) is 38.2 Å². The van der Waals surface area contributed by atoms with E-state index >= 15 is 0 Å². The molecule has 0 fully saturated rings. The maximum Gasteiger partial charge on any atom is 0.354 e. The second-order valence-electron chi connectivity index (χ2n) is 8.58. The molecule has 0 amide bonds. The van der Waals surface area contributed by atoms with Gasteiger partial charge >= 0.3 is 5.69 Å². The van der Waals surface area contributed by atoms with Crippen LogP contribution >= 0.6 is 23.1 Å². The Morgan fingerprint density at radius 1 is 1.16 bits per heavy atom. The van der Waals surface area contributed by atoms with Gasteiger partial charge in [-0.15, -0.1) is 23.1 Å². The Morgan fingerprint density at radius 2 is 1.81 bits per heavy atom. The Hall–Kier alpha value is -1.84. The number of anilines is 1. The van der Waals surface area contributed by atoms with E-state index in [0.29, 0.717) is 5.69 Å². The largest absolute Gasteiger partial charge is 0.354 e. The molecule has 2 aliphatic rings. The van der Waals surface area contributed by atoms with Crippen molar-refractivity contribution in [1.82, 2.24) is 9.55 Å². The zero-order chi connectivity index (χ0) is 23.0. The van der Waals surface area contributed by atoms with Crippen molar-refractivity contribution >= 4 is 38.9 Å². The molecule has 2 aliphatic heterocycles. The molecule has 0 bridgehead atoms. The summed E-state index contributed by atoms with van der Waals surface area (Å²) in [4.78, 5) is 17.9. The first kappa shape index (κ1) is 23.8. The van der Waals surface area contributed by atoms with E-state index in [-0.39, 0.29) is 16.1 Å². The Morgan fingerprint density at radius 3 is 2.42 bits per heavy atom. The summed E-state index contributed by atoms with van der Waals surface area (Å²) in [5, 5.41) is 0. The maximum absolute atomic E-state index is 13.0. The Balaban J connectivity index is 2.06. The number of fused-ring (bicyclic) bond motifs is 1. The highest BCUT2D eigenvalue weighted by Crippen LogP contribution is 2.41. The number of rotatable bonds is 8. The molecule has 1 aromatic rings.